The van der Waals surface area contributed by atoms with Crippen molar-refractivity contribution in [3.05, 3.63) is 47.0 Å². The average molecular weight is 385 g/mol. The third-order valence-electron chi connectivity index (χ3n) is 4.36. The maximum Gasteiger partial charge on any atom is 0.204 e. The number of carbonyl (C=O) groups excluding carboxylic acids is 1. The summed E-state index contributed by atoms with van der Waals surface area (Å²) in [5.41, 5.74) is 8.34. The molecule has 0 aliphatic heterocycles. The van der Waals surface area contributed by atoms with Gasteiger partial charge in [-0.15, -0.1) is 0 Å². The van der Waals surface area contributed by atoms with E-state index in [1.165, 1.54) is 21.3 Å². The fourth-order valence-electron chi connectivity index (χ4n) is 2.99. The highest BCUT2D eigenvalue weighted by Gasteiger charge is 2.22. The smallest absolute Gasteiger partial charge is 0.204 e. The summed E-state index contributed by atoms with van der Waals surface area (Å²) in [7, 11) is 6.11. The standard InChI is InChI=1S/C22H27NO5/c1-6-7-15(12-14-8-10-17(23)19(13-14)26-3)20(24)16-9-11-18(25-2)22(28-5)21(16)27-4/h8-13H,6-7,23H2,1-5H3. The first-order valence-electron chi connectivity index (χ1n) is 8.98. The van der Waals surface area contributed by atoms with Crippen LogP contribution in [0.25, 0.3) is 6.08 Å². The summed E-state index contributed by atoms with van der Waals surface area (Å²) in [6.45, 7) is 2.02. The van der Waals surface area contributed by atoms with E-state index in [0.717, 1.165) is 12.0 Å². The molecule has 0 fully saturated rings. The van der Waals surface area contributed by atoms with Gasteiger partial charge in [-0.05, 0) is 42.3 Å². The van der Waals surface area contributed by atoms with Crippen molar-refractivity contribution in [3.63, 3.8) is 0 Å². The van der Waals surface area contributed by atoms with Crippen molar-refractivity contribution in [1.82, 2.24) is 0 Å². The van der Waals surface area contributed by atoms with Gasteiger partial charge < -0.3 is 24.7 Å². The monoisotopic (exact) mass is 385 g/mol. The number of nitrogens with two attached hydrogens (primary N) is 1. The molecule has 150 valence electrons. The fraction of sp³-hybridized carbons (Fsp3) is 0.318. The zero-order chi connectivity index (χ0) is 20.7. The van der Waals surface area contributed by atoms with Crippen molar-refractivity contribution in [2.75, 3.05) is 34.2 Å². The number of ketones is 1. The number of carbonyl (C=O) groups is 1. The van der Waals surface area contributed by atoms with Gasteiger partial charge in [-0.2, -0.15) is 0 Å². The highest BCUT2D eigenvalue weighted by Crippen LogP contribution is 2.41. The van der Waals surface area contributed by atoms with E-state index in [2.05, 4.69) is 0 Å². The Labute approximate surface area is 165 Å². The number of rotatable bonds is 9. The number of nitrogen functional groups attached to an aromatic ring is 1. The number of hydrogen-bond donors (Lipinski definition) is 1. The zero-order valence-electron chi connectivity index (χ0n) is 17.0. The van der Waals surface area contributed by atoms with E-state index in [0.29, 0.717) is 46.2 Å². The van der Waals surface area contributed by atoms with Crippen molar-refractivity contribution < 1.29 is 23.7 Å². The molecule has 0 heterocycles. The summed E-state index contributed by atoms with van der Waals surface area (Å²) in [5.74, 6) is 1.68. The molecule has 2 N–H and O–H groups in total. The van der Waals surface area contributed by atoms with Crippen LogP contribution in [0.5, 0.6) is 23.0 Å². The van der Waals surface area contributed by atoms with Gasteiger partial charge in [0.25, 0.3) is 0 Å². The van der Waals surface area contributed by atoms with Crippen LogP contribution in [0.2, 0.25) is 0 Å². The van der Waals surface area contributed by atoms with Gasteiger partial charge in [0.2, 0.25) is 5.75 Å². The molecule has 2 aromatic carbocycles. The Morgan fingerprint density at radius 2 is 1.61 bits per heavy atom. The predicted octanol–water partition coefficient (Wildman–Crippen LogP) is 4.37. The number of hydrogen-bond acceptors (Lipinski definition) is 6. The minimum absolute atomic E-state index is 0.129. The number of ether oxygens (including phenoxy) is 4. The maximum atomic E-state index is 13.3. The molecule has 0 aliphatic rings. The van der Waals surface area contributed by atoms with Gasteiger partial charge in [0.15, 0.2) is 17.3 Å². The lowest BCUT2D eigenvalue weighted by Crippen LogP contribution is -2.08. The Balaban J connectivity index is 2.54. The van der Waals surface area contributed by atoms with Crippen LogP contribution in [0.4, 0.5) is 5.69 Å². The van der Waals surface area contributed by atoms with E-state index in [1.54, 1.807) is 25.3 Å². The van der Waals surface area contributed by atoms with Crippen LogP contribution in [-0.4, -0.2) is 34.2 Å². The predicted molar refractivity (Wildman–Crippen MR) is 111 cm³/mol. The first-order chi connectivity index (χ1) is 13.5. The lowest BCUT2D eigenvalue weighted by molar-refractivity contribution is 0.102. The maximum absolute atomic E-state index is 13.3. The first-order valence-corrected chi connectivity index (χ1v) is 8.98. The van der Waals surface area contributed by atoms with Crippen LogP contribution in [0.15, 0.2) is 35.9 Å². The Bertz CT molecular complexity index is 873. The van der Waals surface area contributed by atoms with Crippen molar-refractivity contribution in [2.45, 2.75) is 19.8 Å². The van der Waals surface area contributed by atoms with Crippen LogP contribution < -0.4 is 24.7 Å². The molecule has 28 heavy (non-hydrogen) atoms. The summed E-state index contributed by atoms with van der Waals surface area (Å²) in [6, 6.07) is 8.81. The number of methoxy groups -OCH3 is 4. The Morgan fingerprint density at radius 3 is 2.18 bits per heavy atom. The molecule has 0 radical (unpaired) electrons. The largest absolute Gasteiger partial charge is 0.495 e. The van der Waals surface area contributed by atoms with E-state index in [4.69, 9.17) is 24.7 Å². The van der Waals surface area contributed by atoms with Crippen LogP contribution >= 0.6 is 0 Å². The van der Waals surface area contributed by atoms with E-state index in [1.807, 2.05) is 25.1 Å². The molecule has 0 atom stereocenters. The highest BCUT2D eigenvalue weighted by molar-refractivity contribution is 6.13. The Morgan fingerprint density at radius 1 is 0.929 bits per heavy atom. The Hall–Kier alpha value is -3.15. The van der Waals surface area contributed by atoms with E-state index in [9.17, 15) is 4.79 Å². The Kier molecular flexibility index (Phi) is 7.32. The molecule has 0 aromatic heterocycles. The van der Waals surface area contributed by atoms with Crippen LogP contribution in [0.3, 0.4) is 0 Å². The quantitative estimate of drug-likeness (QED) is 0.392. The molecule has 6 nitrogen and oxygen atoms in total. The zero-order valence-corrected chi connectivity index (χ0v) is 17.0. The topological polar surface area (TPSA) is 80.0 Å². The van der Waals surface area contributed by atoms with Crippen molar-refractivity contribution in [2.24, 2.45) is 0 Å². The summed E-state index contributed by atoms with van der Waals surface area (Å²) in [4.78, 5) is 13.3. The first kappa shape index (κ1) is 21.2. The molecule has 2 aromatic rings. The van der Waals surface area contributed by atoms with E-state index in [-0.39, 0.29) is 5.78 Å². The lowest BCUT2D eigenvalue weighted by atomic mass is 9.96. The molecule has 0 aliphatic carbocycles. The summed E-state index contributed by atoms with van der Waals surface area (Å²) >= 11 is 0. The second-order valence-corrected chi connectivity index (χ2v) is 6.13. The molecular weight excluding hydrogens is 358 g/mol. The van der Waals surface area contributed by atoms with E-state index < -0.39 is 0 Å². The molecule has 0 bridgehead atoms. The number of anilines is 1. The molecule has 0 saturated carbocycles. The van der Waals surface area contributed by atoms with Gasteiger partial charge >= 0.3 is 0 Å². The van der Waals surface area contributed by atoms with Gasteiger partial charge in [-0.3, -0.25) is 4.79 Å². The van der Waals surface area contributed by atoms with Crippen LogP contribution in [0.1, 0.15) is 35.7 Å². The second-order valence-electron chi connectivity index (χ2n) is 6.13. The molecule has 6 heteroatoms. The molecule has 0 saturated heterocycles. The van der Waals surface area contributed by atoms with Crippen molar-refractivity contribution >= 4 is 17.5 Å². The van der Waals surface area contributed by atoms with Crippen molar-refractivity contribution in [1.29, 1.82) is 0 Å². The van der Waals surface area contributed by atoms with Gasteiger partial charge in [0, 0.05) is 5.57 Å². The summed E-state index contributed by atoms with van der Waals surface area (Å²) in [5, 5.41) is 0. The van der Waals surface area contributed by atoms with Gasteiger partial charge in [-0.25, -0.2) is 0 Å². The third kappa shape index (κ3) is 4.39. The number of allylic oxidation sites excluding steroid dienone is 1. The minimum Gasteiger partial charge on any atom is -0.495 e. The summed E-state index contributed by atoms with van der Waals surface area (Å²) in [6.07, 6.45) is 3.28. The number of Topliss-reactive ketones (excluding diaryl/α,β-unsaturated/α-hetero) is 1. The van der Waals surface area contributed by atoms with Gasteiger partial charge in [0.05, 0.1) is 39.7 Å². The molecule has 0 spiro atoms. The summed E-state index contributed by atoms with van der Waals surface area (Å²) < 4.78 is 21.4. The van der Waals surface area contributed by atoms with Crippen LogP contribution in [-0.2, 0) is 0 Å². The van der Waals surface area contributed by atoms with Gasteiger partial charge in [-0.1, -0.05) is 19.4 Å². The molecular formula is C22H27NO5. The normalized spacial score (nSPS) is 11.1. The lowest BCUT2D eigenvalue weighted by Gasteiger charge is -2.16. The van der Waals surface area contributed by atoms with Crippen molar-refractivity contribution in [3.8, 4) is 23.0 Å². The molecule has 2 rings (SSSR count). The average Bonchev–Trinajstić information content (AvgIpc) is 2.72. The third-order valence-corrected chi connectivity index (χ3v) is 4.36. The van der Waals surface area contributed by atoms with E-state index >= 15 is 0 Å². The van der Waals surface area contributed by atoms with Gasteiger partial charge in [0.1, 0.15) is 5.75 Å². The molecule has 0 amide bonds. The highest BCUT2D eigenvalue weighted by atomic mass is 16.5. The molecule has 0 unspecified atom stereocenters. The minimum atomic E-state index is -0.129. The number of benzene rings is 2. The fourth-order valence-corrected chi connectivity index (χ4v) is 2.99. The SMILES string of the molecule is CCCC(=Cc1ccc(N)c(OC)c1)C(=O)c1ccc(OC)c(OC)c1OC. The van der Waals surface area contributed by atoms with Crippen LogP contribution in [0, 0.1) is 0 Å². The second kappa shape index (κ2) is 9.69.